The number of nitrogens with one attached hydrogen (secondary N) is 1. The van der Waals surface area contributed by atoms with Gasteiger partial charge in [0.15, 0.2) is 0 Å². The van der Waals surface area contributed by atoms with Gasteiger partial charge in [-0.3, -0.25) is 15.5 Å². The fraction of sp³-hybridized carbons (Fsp3) is 0. The number of nitro benzene ring substituents is 1. The van der Waals surface area contributed by atoms with E-state index in [2.05, 4.69) is 20.8 Å². The summed E-state index contributed by atoms with van der Waals surface area (Å²) in [5.41, 5.74) is 5.07. The molecule has 0 fully saturated rings. The highest BCUT2D eigenvalue weighted by Crippen LogP contribution is 2.19. The largest absolute Gasteiger partial charge is 0.276 e. The summed E-state index contributed by atoms with van der Waals surface area (Å²) < 4.78 is 0. The minimum Gasteiger partial charge on any atom is -0.276 e. The Hall–Kier alpha value is -3.87. The van der Waals surface area contributed by atoms with Crippen LogP contribution < -0.4 is 5.43 Å². The first kappa shape index (κ1) is 17.0. The number of amidine groups is 1. The lowest BCUT2D eigenvalue weighted by molar-refractivity contribution is -0.384. The van der Waals surface area contributed by atoms with Gasteiger partial charge in [0.25, 0.3) is 5.69 Å². The summed E-state index contributed by atoms with van der Waals surface area (Å²) in [7, 11) is 0. The van der Waals surface area contributed by atoms with E-state index in [1.54, 1.807) is 0 Å². The van der Waals surface area contributed by atoms with E-state index in [0.29, 0.717) is 11.5 Å². The van der Waals surface area contributed by atoms with Crippen molar-refractivity contribution in [3.63, 3.8) is 0 Å². The first-order chi connectivity index (χ1) is 12.7. The highest BCUT2D eigenvalue weighted by atomic mass is 16.6. The van der Waals surface area contributed by atoms with E-state index in [9.17, 15) is 10.1 Å². The van der Waals surface area contributed by atoms with Crippen molar-refractivity contribution < 1.29 is 4.92 Å². The second-order valence-corrected chi connectivity index (χ2v) is 5.25. The normalized spacial score (nSPS) is 11.5. The zero-order chi connectivity index (χ0) is 18.2. The highest BCUT2D eigenvalue weighted by Gasteiger charge is 2.05. The minimum atomic E-state index is -0.457. The molecule has 0 spiro atoms. The van der Waals surface area contributed by atoms with Crippen molar-refractivity contribution in [1.82, 2.24) is 0 Å². The van der Waals surface area contributed by atoms with Gasteiger partial charge in [0, 0.05) is 17.7 Å². The molecule has 3 aromatic carbocycles. The molecular formula is C19H15N5O2. The Kier molecular flexibility index (Phi) is 5.41. The van der Waals surface area contributed by atoms with Gasteiger partial charge < -0.3 is 0 Å². The zero-order valence-electron chi connectivity index (χ0n) is 13.7. The van der Waals surface area contributed by atoms with Crippen LogP contribution in [0.3, 0.4) is 0 Å². The molecule has 3 rings (SSSR count). The molecule has 3 aromatic rings. The molecule has 0 heterocycles. The van der Waals surface area contributed by atoms with Crippen molar-refractivity contribution in [2.75, 3.05) is 5.43 Å². The van der Waals surface area contributed by atoms with Gasteiger partial charge in [0.1, 0.15) is 0 Å². The van der Waals surface area contributed by atoms with E-state index in [-0.39, 0.29) is 5.69 Å². The van der Waals surface area contributed by atoms with Crippen molar-refractivity contribution in [2.24, 2.45) is 15.3 Å². The summed E-state index contributed by atoms with van der Waals surface area (Å²) in [4.78, 5) is 10.3. The highest BCUT2D eigenvalue weighted by molar-refractivity contribution is 5.99. The second-order valence-electron chi connectivity index (χ2n) is 5.25. The Labute approximate surface area is 149 Å². The Morgan fingerprint density at radius 2 is 1.46 bits per heavy atom. The van der Waals surface area contributed by atoms with Crippen LogP contribution in [0.25, 0.3) is 0 Å². The number of rotatable bonds is 5. The van der Waals surface area contributed by atoms with Crippen LogP contribution in [0.2, 0.25) is 0 Å². The maximum atomic E-state index is 10.7. The van der Waals surface area contributed by atoms with Gasteiger partial charge in [-0.05, 0) is 24.3 Å². The number of hydrazone groups is 1. The van der Waals surface area contributed by atoms with Crippen LogP contribution in [0, 0.1) is 10.1 Å². The molecule has 0 saturated heterocycles. The minimum absolute atomic E-state index is 0.00615. The smallest absolute Gasteiger partial charge is 0.269 e. The van der Waals surface area contributed by atoms with Crippen LogP contribution in [0.15, 0.2) is 100 Å². The van der Waals surface area contributed by atoms with Gasteiger partial charge in [-0.1, -0.05) is 48.5 Å². The Morgan fingerprint density at radius 3 is 2.08 bits per heavy atom. The van der Waals surface area contributed by atoms with Gasteiger partial charge in [-0.15, -0.1) is 10.2 Å². The van der Waals surface area contributed by atoms with E-state index in [1.807, 2.05) is 60.7 Å². The van der Waals surface area contributed by atoms with Gasteiger partial charge in [0.05, 0.1) is 16.3 Å². The monoisotopic (exact) mass is 345 g/mol. The van der Waals surface area contributed by atoms with Gasteiger partial charge >= 0.3 is 0 Å². The average molecular weight is 345 g/mol. The van der Waals surface area contributed by atoms with Crippen LogP contribution in [0.4, 0.5) is 17.1 Å². The summed E-state index contributed by atoms with van der Waals surface area (Å²) >= 11 is 0. The Morgan fingerprint density at radius 1 is 0.846 bits per heavy atom. The average Bonchev–Trinajstić information content (AvgIpc) is 2.70. The number of anilines is 1. The molecular weight excluding hydrogens is 330 g/mol. The third-order valence-corrected chi connectivity index (χ3v) is 3.42. The summed E-state index contributed by atoms with van der Waals surface area (Å²) in [5.74, 6) is 0.396. The number of para-hydroxylation sites is 1. The SMILES string of the molecule is O=[N+]([O-])c1ccc(N=NC(=NNc2ccccc2)c2ccccc2)cc1. The van der Waals surface area contributed by atoms with Crippen molar-refractivity contribution in [3.8, 4) is 0 Å². The zero-order valence-corrected chi connectivity index (χ0v) is 13.7. The lowest BCUT2D eigenvalue weighted by Crippen LogP contribution is -2.00. The molecule has 0 radical (unpaired) electrons. The van der Waals surface area contributed by atoms with Crippen molar-refractivity contribution >= 4 is 22.9 Å². The first-order valence-corrected chi connectivity index (χ1v) is 7.83. The standard InChI is InChI=1S/C19H15N5O2/c25-24(26)18-13-11-17(12-14-18)21-23-19(15-7-3-1-4-8-15)22-20-16-9-5-2-6-10-16/h1-14,20H. The molecule has 0 aliphatic rings. The maximum Gasteiger partial charge on any atom is 0.269 e. The van der Waals surface area contributed by atoms with E-state index in [4.69, 9.17) is 0 Å². The van der Waals surface area contributed by atoms with E-state index in [0.717, 1.165) is 11.3 Å². The maximum absolute atomic E-state index is 10.7. The second kappa shape index (κ2) is 8.29. The van der Waals surface area contributed by atoms with Crippen molar-refractivity contribution in [3.05, 3.63) is 101 Å². The molecule has 0 aromatic heterocycles. The molecule has 0 aliphatic heterocycles. The number of benzene rings is 3. The van der Waals surface area contributed by atoms with Crippen molar-refractivity contribution in [2.45, 2.75) is 0 Å². The van der Waals surface area contributed by atoms with Crippen LogP contribution in [0.5, 0.6) is 0 Å². The lowest BCUT2D eigenvalue weighted by Gasteiger charge is -2.03. The Bertz CT molecular complexity index is 923. The summed E-state index contributed by atoms with van der Waals surface area (Å²) in [6, 6.07) is 24.8. The third-order valence-electron chi connectivity index (χ3n) is 3.42. The van der Waals surface area contributed by atoms with Crippen LogP contribution in [0.1, 0.15) is 5.56 Å². The summed E-state index contributed by atoms with van der Waals surface area (Å²) in [6.45, 7) is 0. The van der Waals surface area contributed by atoms with Crippen molar-refractivity contribution in [1.29, 1.82) is 0 Å². The van der Waals surface area contributed by atoms with Gasteiger partial charge in [-0.25, -0.2) is 0 Å². The number of nitrogens with zero attached hydrogens (tertiary/aromatic N) is 4. The molecule has 128 valence electrons. The molecule has 7 heteroatoms. The number of nitro groups is 1. The lowest BCUT2D eigenvalue weighted by atomic mass is 10.2. The van der Waals surface area contributed by atoms with E-state index >= 15 is 0 Å². The molecule has 1 N–H and O–H groups in total. The van der Waals surface area contributed by atoms with Crippen LogP contribution in [-0.4, -0.2) is 10.8 Å². The number of hydrogen-bond acceptors (Lipinski definition) is 5. The predicted molar refractivity (Wildman–Crippen MR) is 101 cm³/mol. The fourth-order valence-electron chi connectivity index (χ4n) is 2.11. The molecule has 0 aliphatic carbocycles. The van der Waals surface area contributed by atoms with E-state index < -0.39 is 4.92 Å². The molecule has 0 atom stereocenters. The quantitative estimate of drug-likeness (QED) is 0.228. The molecule has 26 heavy (non-hydrogen) atoms. The predicted octanol–water partition coefficient (Wildman–Crippen LogP) is 5.15. The third kappa shape index (κ3) is 4.57. The fourth-order valence-corrected chi connectivity index (χ4v) is 2.11. The van der Waals surface area contributed by atoms with Gasteiger partial charge in [-0.2, -0.15) is 5.10 Å². The Balaban J connectivity index is 1.84. The molecule has 0 bridgehead atoms. The molecule has 0 amide bonds. The molecule has 0 saturated carbocycles. The van der Waals surface area contributed by atoms with Gasteiger partial charge in [0.2, 0.25) is 5.84 Å². The topological polar surface area (TPSA) is 92.2 Å². The number of hydrogen-bond donors (Lipinski definition) is 1. The number of non-ortho nitro benzene ring substituents is 1. The molecule has 7 nitrogen and oxygen atoms in total. The van der Waals surface area contributed by atoms with Crippen LogP contribution in [-0.2, 0) is 0 Å². The summed E-state index contributed by atoms with van der Waals surface area (Å²) in [5, 5.41) is 23.4. The molecule has 0 unspecified atom stereocenters. The summed E-state index contributed by atoms with van der Waals surface area (Å²) in [6.07, 6.45) is 0. The number of azo groups is 1. The van der Waals surface area contributed by atoms with Crippen LogP contribution >= 0.6 is 0 Å². The first-order valence-electron chi connectivity index (χ1n) is 7.83. The van der Waals surface area contributed by atoms with E-state index in [1.165, 1.54) is 24.3 Å².